The highest BCUT2D eigenvalue weighted by molar-refractivity contribution is 9.10. The minimum atomic E-state index is -0.317. The molecule has 2 amide bonds. The smallest absolute Gasteiger partial charge is 0.234 e. The lowest BCUT2D eigenvalue weighted by atomic mass is 9.92. The van der Waals surface area contributed by atoms with Crippen molar-refractivity contribution in [2.24, 2.45) is 5.41 Å². The van der Waals surface area contributed by atoms with E-state index in [1.807, 2.05) is 20.8 Å². The van der Waals surface area contributed by atoms with Crippen LogP contribution in [0.25, 0.3) is 0 Å². The number of anilines is 1. The zero-order valence-corrected chi connectivity index (χ0v) is 14.9. The number of carbonyl (C=O) groups is 2. The monoisotopic (exact) mass is 372 g/mol. The standard InChI is InChI=1S/C16H22BrFN2O2/c1-10-9-11(5-6-12(10)18)20-13(21)7-8-19-15(22)14(17)16(2,3)4/h5-6,9,14H,7-8H2,1-4H3,(H,19,22)(H,20,21)/t14-/m1/s1. The highest BCUT2D eigenvalue weighted by Gasteiger charge is 2.28. The van der Waals surface area contributed by atoms with Crippen LogP contribution in [0.2, 0.25) is 0 Å². The van der Waals surface area contributed by atoms with Gasteiger partial charge in [-0.15, -0.1) is 0 Å². The molecule has 0 aliphatic heterocycles. The summed E-state index contributed by atoms with van der Waals surface area (Å²) in [6, 6.07) is 4.39. The van der Waals surface area contributed by atoms with E-state index in [0.29, 0.717) is 11.3 Å². The summed E-state index contributed by atoms with van der Waals surface area (Å²) < 4.78 is 13.1. The molecule has 0 aliphatic carbocycles. The third-order valence-corrected chi connectivity index (χ3v) is 4.87. The van der Waals surface area contributed by atoms with Crippen LogP contribution in [0.4, 0.5) is 10.1 Å². The Bertz CT molecular complexity index is 556. The first-order valence-corrected chi connectivity index (χ1v) is 8.00. The number of hydrogen-bond donors (Lipinski definition) is 2. The Labute approximate surface area is 139 Å². The molecule has 0 fully saturated rings. The quantitative estimate of drug-likeness (QED) is 0.778. The molecule has 0 aromatic heterocycles. The predicted octanol–water partition coefficient (Wildman–Crippen LogP) is 3.39. The van der Waals surface area contributed by atoms with E-state index in [2.05, 4.69) is 26.6 Å². The van der Waals surface area contributed by atoms with Crippen molar-refractivity contribution in [1.29, 1.82) is 0 Å². The Morgan fingerprint density at radius 3 is 2.50 bits per heavy atom. The van der Waals surface area contributed by atoms with Crippen LogP contribution >= 0.6 is 15.9 Å². The zero-order valence-electron chi connectivity index (χ0n) is 13.3. The number of alkyl halides is 1. The predicted molar refractivity (Wildman–Crippen MR) is 89.6 cm³/mol. The Morgan fingerprint density at radius 2 is 1.95 bits per heavy atom. The molecule has 0 aliphatic rings. The van der Waals surface area contributed by atoms with E-state index < -0.39 is 0 Å². The van der Waals surface area contributed by atoms with Gasteiger partial charge in [0.05, 0.1) is 4.83 Å². The van der Waals surface area contributed by atoms with Crippen LogP contribution in [-0.2, 0) is 9.59 Å². The third-order valence-electron chi connectivity index (χ3n) is 3.08. The second-order valence-corrected chi connectivity index (χ2v) is 7.20. The van der Waals surface area contributed by atoms with Gasteiger partial charge in [0.15, 0.2) is 0 Å². The van der Waals surface area contributed by atoms with Gasteiger partial charge >= 0.3 is 0 Å². The molecule has 4 nitrogen and oxygen atoms in total. The van der Waals surface area contributed by atoms with E-state index in [9.17, 15) is 14.0 Å². The van der Waals surface area contributed by atoms with Crippen molar-refractivity contribution in [3.05, 3.63) is 29.6 Å². The molecule has 0 saturated heterocycles. The summed E-state index contributed by atoms with van der Waals surface area (Å²) in [6.07, 6.45) is 0.159. The fourth-order valence-corrected chi connectivity index (χ4v) is 1.89. The minimum Gasteiger partial charge on any atom is -0.355 e. The van der Waals surface area contributed by atoms with Crippen LogP contribution in [0.5, 0.6) is 0 Å². The van der Waals surface area contributed by atoms with Crippen molar-refractivity contribution in [2.45, 2.75) is 38.9 Å². The number of nitrogens with one attached hydrogen (secondary N) is 2. The lowest BCUT2D eigenvalue weighted by Crippen LogP contribution is -2.39. The van der Waals surface area contributed by atoms with Crippen LogP contribution in [0.1, 0.15) is 32.8 Å². The molecule has 2 N–H and O–H groups in total. The number of hydrogen-bond acceptors (Lipinski definition) is 2. The van der Waals surface area contributed by atoms with Crippen molar-refractivity contribution < 1.29 is 14.0 Å². The highest BCUT2D eigenvalue weighted by Crippen LogP contribution is 2.25. The van der Waals surface area contributed by atoms with Crippen LogP contribution in [0.3, 0.4) is 0 Å². The maximum absolute atomic E-state index is 13.1. The van der Waals surface area contributed by atoms with Crippen LogP contribution in [-0.4, -0.2) is 23.2 Å². The first-order valence-electron chi connectivity index (χ1n) is 7.09. The molecule has 122 valence electrons. The van der Waals surface area contributed by atoms with Gasteiger partial charge in [-0.3, -0.25) is 9.59 Å². The molecule has 0 spiro atoms. The van der Waals surface area contributed by atoms with Crippen molar-refractivity contribution >= 4 is 33.4 Å². The van der Waals surface area contributed by atoms with Crippen molar-refractivity contribution in [1.82, 2.24) is 5.32 Å². The van der Waals surface area contributed by atoms with Crippen LogP contribution < -0.4 is 10.6 Å². The molecule has 0 unspecified atom stereocenters. The van der Waals surface area contributed by atoms with Crippen molar-refractivity contribution in [2.75, 3.05) is 11.9 Å². The number of amides is 2. The van der Waals surface area contributed by atoms with E-state index in [4.69, 9.17) is 0 Å². The Morgan fingerprint density at radius 1 is 1.32 bits per heavy atom. The van der Waals surface area contributed by atoms with Gasteiger partial charge in [-0.25, -0.2) is 4.39 Å². The molecule has 0 bridgehead atoms. The highest BCUT2D eigenvalue weighted by atomic mass is 79.9. The minimum absolute atomic E-state index is 0.141. The first-order chi connectivity index (χ1) is 10.1. The molecule has 0 heterocycles. The molecule has 1 aromatic rings. The van der Waals surface area contributed by atoms with Gasteiger partial charge in [0.25, 0.3) is 0 Å². The Hall–Kier alpha value is -1.43. The fraction of sp³-hybridized carbons (Fsp3) is 0.500. The molecule has 22 heavy (non-hydrogen) atoms. The number of carbonyl (C=O) groups excluding carboxylic acids is 2. The second-order valence-electron chi connectivity index (χ2n) is 6.28. The number of halogens is 2. The lowest BCUT2D eigenvalue weighted by Gasteiger charge is -2.24. The van der Waals surface area contributed by atoms with E-state index in [0.717, 1.165) is 0 Å². The molecule has 0 saturated carbocycles. The molecule has 0 radical (unpaired) electrons. The molecule has 1 atom stereocenters. The lowest BCUT2D eigenvalue weighted by molar-refractivity contribution is -0.122. The molecule has 1 aromatic carbocycles. The van der Waals surface area contributed by atoms with Gasteiger partial charge in [-0.2, -0.15) is 0 Å². The van der Waals surface area contributed by atoms with Gasteiger partial charge in [-0.05, 0) is 36.1 Å². The van der Waals surface area contributed by atoms with Crippen molar-refractivity contribution in [3.8, 4) is 0 Å². The van der Waals surface area contributed by atoms with E-state index in [-0.39, 0.29) is 40.8 Å². The number of aryl methyl sites for hydroxylation is 1. The second kappa shape index (κ2) is 7.72. The van der Waals surface area contributed by atoms with E-state index >= 15 is 0 Å². The average Bonchev–Trinajstić information content (AvgIpc) is 2.41. The summed E-state index contributed by atoms with van der Waals surface area (Å²) in [5.41, 5.74) is 0.819. The summed E-state index contributed by atoms with van der Waals surface area (Å²) >= 11 is 3.35. The summed E-state index contributed by atoms with van der Waals surface area (Å²) in [7, 11) is 0. The van der Waals surface area contributed by atoms with E-state index in [1.165, 1.54) is 12.1 Å². The molecular weight excluding hydrogens is 351 g/mol. The topological polar surface area (TPSA) is 58.2 Å². The van der Waals surface area contributed by atoms with E-state index in [1.54, 1.807) is 13.0 Å². The van der Waals surface area contributed by atoms with Gasteiger partial charge in [0, 0.05) is 18.7 Å². The van der Waals surface area contributed by atoms with Crippen LogP contribution in [0, 0.1) is 18.2 Å². The molecule has 6 heteroatoms. The van der Waals surface area contributed by atoms with Crippen LogP contribution in [0.15, 0.2) is 18.2 Å². The third kappa shape index (κ3) is 5.75. The Balaban J connectivity index is 2.40. The summed E-state index contributed by atoms with van der Waals surface area (Å²) in [4.78, 5) is 23.4. The molecule has 1 rings (SSSR count). The first kappa shape index (κ1) is 18.6. The normalized spacial score (nSPS) is 12.6. The molecular formula is C16H22BrFN2O2. The average molecular weight is 373 g/mol. The summed E-state index contributed by atoms with van der Waals surface area (Å²) in [5.74, 6) is -0.679. The van der Waals surface area contributed by atoms with Gasteiger partial charge in [0.1, 0.15) is 5.82 Å². The zero-order chi connectivity index (χ0) is 16.9. The van der Waals surface area contributed by atoms with Gasteiger partial charge < -0.3 is 10.6 Å². The maximum atomic E-state index is 13.1. The van der Waals surface area contributed by atoms with Gasteiger partial charge in [0.2, 0.25) is 11.8 Å². The SMILES string of the molecule is Cc1cc(NC(=O)CCNC(=O)[C@@H](Br)C(C)(C)C)ccc1F. The van der Waals surface area contributed by atoms with Crippen molar-refractivity contribution in [3.63, 3.8) is 0 Å². The maximum Gasteiger partial charge on any atom is 0.234 e. The Kier molecular flexibility index (Phi) is 6.53. The fourth-order valence-electron chi connectivity index (χ4n) is 1.73. The van der Waals surface area contributed by atoms with Gasteiger partial charge in [-0.1, -0.05) is 36.7 Å². The largest absolute Gasteiger partial charge is 0.355 e. The number of benzene rings is 1. The summed E-state index contributed by atoms with van der Waals surface area (Å²) in [6.45, 7) is 7.75. The number of rotatable bonds is 5. The summed E-state index contributed by atoms with van der Waals surface area (Å²) in [5, 5.41) is 5.39.